The van der Waals surface area contributed by atoms with Crippen molar-refractivity contribution in [1.82, 2.24) is 0 Å². The quantitative estimate of drug-likeness (QED) is 0.618. The van der Waals surface area contributed by atoms with E-state index in [1.165, 1.54) is 13.0 Å². The van der Waals surface area contributed by atoms with Crippen LogP contribution in [0.1, 0.15) is 6.92 Å². The highest BCUT2D eigenvalue weighted by molar-refractivity contribution is 6.12. The number of nitrogens with zero attached hydrogens (tertiary/aromatic N) is 2. The average molecular weight is 178 g/mol. The maximum atomic E-state index is 11.0. The third-order valence-electron chi connectivity index (χ3n) is 1.58. The summed E-state index contributed by atoms with van der Waals surface area (Å²) in [5.74, 6) is -3.23. The van der Waals surface area contributed by atoms with Gasteiger partial charge in [-0.3, -0.25) is 4.79 Å². The van der Waals surface area contributed by atoms with Gasteiger partial charge in [0.25, 0.3) is 5.91 Å². The molecule has 0 aromatic carbocycles. The molecule has 1 atom stereocenters. The Kier molecular flexibility index (Phi) is 2.24. The molecule has 0 radical (unpaired) electrons. The number of carboxylic acid groups (broad SMARTS) is 1. The summed E-state index contributed by atoms with van der Waals surface area (Å²) in [5.41, 5.74) is 0.105. The van der Waals surface area contributed by atoms with Crippen LogP contribution in [-0.2, 0) is 9.59 Å². The largest absolute Gasteiger partial charge is 0.478 e. The minimum absolute atomic E-state index is 0.208. The predicted octanol–water partition coefficient (Wildman–Crippen LogP) is 0.138. The number of carboxylic acids is 1. The molecule has 13 heavy (non-hydrogen) atoms. The molecular weight excluding hydrogens is 172 g/mol. The molecule has 0 bridgehead atoms. The lowest BCUT2D eigenvalue weighted by atomic mass is 9.96. The molecule has 0 aromatic rings. The van der Waals surface area contributed by atoms with E-state index in [0.717, 1.165) is 0 Å². The summed E-state index contributed by atoms with van der Waals surface area (Å²) in [7, 11) is 0. The highest BCUT2D eigenvalue weighted by Crippen LogP contribution is 2.17. The number of dihydropyridines is 1. The number of carbonyl (C=O) groups excluding carboxylic acids is 1. The van der Waals surface area contributed by atoms with E-state index in [1.807, 2.05) is 0 Å². The van der Waals surface area contributed by atoms with Gasteiger partial charge >= 0.3 is 5.97 Å². The molecular formula is C8H6N2O3. The van der Waals surface area contributed by atoms with E-state index in [2.05, 4.69) is 4.99 Å². The summed E-state index contributed by atoms with van der Waals surface area (Å²) in [6.07, 6.45) is 1.23. The van der Waals surface area contributed by atoms with Crippen molar-refractivity contribution >= 4 is 17.6 Å². The second kappa shape index (κ2) is 3.19. The molecule has 1 amide bonds. The van der Waals surface area contributed by atoms with Crippen molar-refractivity contribution in [3.05, 3.63) is 11.6 Å². The van der Waals surface area contributed by atoms with Crippen LogP contribution in [0.4, 0.5) is 0 Å². The summed E-state index contributed by atoms with van der Waals surface area (Å²) >= 11 is 0. The molecule has 1 N–H and O–H groups in total. The number of rotatable bonds is 1. The van der Waals surface area contributed by atoms with Gasteiger partial charge in [-0.05, 0) is 13.0 Å². The first-order valence-electron chi connectivity index (χ1n) is 3.50. The third-order valence-corrected chi connectivity index (χ3v) is 1.58. The predicted molar refractivity (Wildman–Crippen MR) is 42.9 cm³/mol. The lowest BCUT2D eigenvalue weighted by molar-refractivity contribution is -0.134. The van der Waals surface area contributed by atoms with Gasteiger partial charge in [0.05, 0.1) is 11.6 Å². The van der Waals surface area contributed by atoms with Crippen molar-refractivity contribution in [3.63, 3.8) is 0 Å². The maximum absolute atomic E-state index is 11.0. The zero-order valence-corrected chi connectivity index (χ0v) is 6.81. The average Bonchev–Trinajstić information content (AvgIpc) is 2.02. The van der Waals surface area contributed by atoms with Gasteiger partial charge in [0.2, 0.25) is 0 Å². The normalized spacial score (nSPS) is 21.5. The number of allylic oxidation sites excluding steroid dienone is 1. The molecule has 0 aliphatic carbocycles. The van der Waals surface area contributed by atoms with Crippen molar-refractivity contribution < 1.29 is 14.7 Å². The fraction of sp³-hybridized carbons (Fsp3) is 0.250. The number of nitriles is 1. The molecule has 0 saturated heterocycles. The summed E-state index contributed by atoms with van der Waals surface area (Å²) < 4.78 is 0. The lowest BCUT2D eigenvalue weighted by Gasteiger charge is -2.10. The molecule has 0 saturated carbocycles. The molecule has 66 valence electrons. The van der Waals surface area contributed by atoms with Gasteiger partial charge in [-0.25, -0.2) is 9.79 Å². The standard InChI is InChI=1S/C8H6N2O3/c1-4-2-5(8(12)13)6(3-9)7(11)10-4/h2,6H,1H3,(H,12,13). The minimum atomic E-state index is -1.26. The number of aliphatic imine (C=N–C) groups is 1. The molecule has 5 nitrogen and oxygen atoms in total. The molecule has 1 aliphatic rings. The van der Waals surface area contributed by atoms with Crippen LogP contribution in [0.15, 0.2) is 16.6 Å². The van der Waals surface area contributed by atoms with Crippen molar-refractivity contribution in [2.75, 3.05) is 0 Å². The Balaban J connectivity index is 3.17. The number of amides is 1. The lowest BCUT2D eigenvalue weighted by Crippen LogP contribution is -2.23. The Hall–Kier alpha value is -1.96. The highest BCUT2D eigenvalue weighted by Gasteiger charge is 2.30. The summed E-state index contributed by atoms with van der Waals surface area (Å²) in [6.45, 7) is 1.51. The van der Waals surface area contributed by atoms with E-state index in [0.29, 0.717) is 5.71 Å². The Morgan fingerprint density at radius 2 is 2.38 bits per heavy atom. The highest BCUT2D eigenvalue weighted by atomic mass is 16.4. The van der Waals surface area contributed by atoms with Crippen LogP contribution in [0.2, 0.25) is 0 Å². The zero-order valence-electron chi connectivity index (χ0n) is 6.81. The van der Waals surface area contributed by atoms with E-state index in [4.69, 9.17) is 10.4 Å². The van der Waals surface area contributed by atoms with E-state index in [9.17, 15) is 9.59 Å². The summed E-state index contributed by atoms with van der Waals surface area (Å²) in [4.78, 5) is 25.1. The molecule has 0 fully saturated rings. The molecule has 0 aromatic heterocycles. The van der Waals surface area contributed by atoms with Crippen molar-refractivity contribution in [2.45, 2.75) is 6.92 Å². The molecule has 0 spiro atoms. The molecule has 1 aliphatic heterocycles. The SMILES string of the molecule is CC1=NC(=O)C(C#N)C(C(=O)O)=C1. The van der Waals surface area contributed by atoms with Crippen LogP contribution in [0, 0.1) is 17.2 Å². The Bertz CT molecular complexity index is 373. The maximum Gasteiger partial charge on any atom is 0.333 e. The topological polar surface area (TPSA) is 90.5 Å². The Labute approximate surface area is 74.0 Å². The van der Waals surface area contributed by atoms with Crippen LogP contribution in [-0.4, -0.2) is 22.7 Å². The van der Waals surface area contributed by atoms with Crippen LogP contribution < -0.4 is 0 Å². The first kappa shape index (κ1) is 9.13. The smallest absolute Gasteiger partial charge is 0.333 e. The fourth-order valence-electron chi connectivity index (χ4n) is 1.02. The first-order chi connectivity index (χ1) is 6.06. The molecule has 1 heterocycles. The number of aliphatic carboxylic acids is 1. The van der Waals surface area contributed by atoms with Gasteiger partial charge in [0.1, 0.15) is 0 Å². The minimum Gasteiger partial charge on any atom is -0.478 e. The number of hydrogen-bond acceptors (Lipinski definition) is 3. The van der Waals surface area contributed by atoms with E-state index in [1.54, 1.807) is 6.07 Å². The van der Waals surface area contributed by atoms with E-state index >= 15 is 0 Å². The monoisotopic (exact) mass is 178 g/mol. The van der Waals surface area contributed by atoms with Gasteiger partial charge in [-0.1, -0.05) is 0 Å². The second-order valence-electron chi connectivity index (χ2n) is 2.56. The van der Waals surface area contributed by atoms with Gasteiger partial charge in [-0.2, -0.15) is 5.26 Å². The van der Waals surface area contributed by atoms with Gasteiger partial charge in [-0.15, -0.1) is 0 Å². The van der Waals surface area contributed by atoms with Crippen molar-refractivity contribution in [3.8, 4) is 6.07 Å². The molecule has 1 rings (SSSR count). The number of carbonyl (C=O) groups is 2. The Morgan fingerprint density at radius 1 is 1.77 bits per heavy atom. The number of hydrogen-bond donors (Lipinski definition) is 1. The molecule has 1 unspecified atom stereocenters. The van der Waals surface area contributed by atoms with E-state index in [-0.39, 0.29) is 5.57 Å². The van der Waals surface area contributed by atoms with Crippen LogP contribution in [0.5, 0.6) is 0 Å². The van der Waals surface area contributed by atoms with Gasteiger partial charge in [0.15, 0.2) is 5.92 Å². The fourth-order valence-corrected chi connectivity index (χ4v) is 1.02. The van der Waals surface area contributed by atoms with Crippen LogP contribution in [0.3, 0.4) is 0 Å². The van der Waals surface area contributed by atoms with Gasteiger partial charge in [0, 0.05) is 5.71 Å². The Morgan fingerprint density at radius 3 is 2.85 bits per heavy atom. The van der Waals surface area contributed by atoms with Crippen LogP contribution >= 0.6 is 0 Å². The molecule has 5 heteroatoms. The zero-order chi connectivity index (χ0) is 10.0. The van der Waals surface area contributed by atoms with Crippen molar-refractivity contribution in [1.29, 1.82) is 5.26 Å². The first-order valence-corrected chi connectivity index (χ1v) is 3.50. The second-order valence-corrected chi connectivity index (χ2v) is 2.56. The van der Waals surface area contributed by atoms with E-state index < -0.39 is 17.8 Å². The van der Waals surface area contributed by atoms with Crippen LogP contribution in [0.25, 0.3) is 0 Å². The third kappa shape index (κ3) is 1.62. The van der Waals surface area contributed by atoms with Crippen molar-refractivity contribution in [2.24, 2.45) is 10.9 Å². The summed E-state index contributed by atoms with van der Waals surface area (Å²) in [5, 5.41) is 17.2. The summed E-state index contributed by atoms with van der Waals surface area (Å²) in [6, 6.07) is 1.60. The van der Waals surface area contributed by atoms with Gasteiger partial charge < -0.3 is 5.11 Å².